The number of carbonyl (C=O) groups is 2. The third kappa shape index (κ3) is 7.30. The summed E-state index contributed by atoms with van der Waals surface area (Å²) in [5, 5.41) is 1.08. The molecule has 0 aliphatic rings. The van der Waals surface area contributed by atoms with Crippen molar-refractivity contribution in [2.24, 2.45) is 0 Å². The lowest BCUT2D eigenvalue weighted by atomic mass is 10.1. The topological polar surface area (TPSA) is 65.6 Å². The molecule has 210 valence electrons. The maximum atomic E-state index is 13.7. The predicted molar refractivity (Wildman–Crippen MR) is 148 cm³/mol. The molecular weight excluding hydrogens is 519 g/mol. The highest BCUT2D eigenvalue weighted by atomic mass is 19.4. The molecule has 1 heterocycles. The molecule has 0 spiro atoms. The molecule has 3 aromatic carbocycles. The molecule has 0 saturated carbocycles. The summed E-state index contributed by atoms with van der Waals surface area (Å²) >= 11 is 0. The maximum absolute atomic E-state index is 13.7. The minimum Gasteiger partial charge on any atom is -0.383 e. The number of nitrogens with one attached hydrogen (secondary N) is 1. The van der Waals surface area contributed by atoms with E-state index >= 15 is 0 Å². The molecule has 2 amide bonds. The molecule has 0 aliphatic carbocycles. The van der Waals surface area contributed by atoms with Crippen LogP contribution in [0.4, 0.5) is 13.2 Å². The maximum Gasteiger partial charge on any atom is 0.416 e. The number of H-pyrrole nitrogens is 1. The van der Waals surface area contributed by atoms with E-state index in [0.29, 0.717) is 19.5 Å². The van der Waals surface area contributed by atoms with Gasteiger partial charge in [0, 0.05) is 49.4 Å². The van der Waals surface area contributed by atoms with Crippen molar-refractivity contribution in [3.63, 3.8) is 0 Å². The van der Waals surface area contributed by atoms with Crippen LogP contribution in [0.2, 0.25) is 0 Å². The molecule has 4 aromatic rings. The highest BCUT2D eigenvalue weighted by molar-refractivity contribution is 5.96. The number of alkyl halides is 3. The largest absolute Gasteiger partial charge is 0.416 e. The number of methoxy groups -OCH3 is 1. The SMILES string of the molecule is COCCN(CC(=O)N(CCc1c[nH]c2ccccc12)Cc1ccc(C)cc1)C(=O)c1cccc(C(F)(F)F)c1. The molecule has 0 aliphatic heterocycles. The Kier molecular flexibility index (Phi) is 9.26. The second-order valence-corrected chi connectivity index (χ2v) is 9.71. The number of aryl methyl sites for hydroxylation is 1. The summed E-state index contributed by atoms with van der Waals surface area (Å²) in [6.45, 7) is 2.60. The van der Waals surface area contributed by atoms with Gasteiger partial charge in [-0.15, -0.1) is 0 Å². The fraction of sp³-hybridized carbons (Fsp3) is 0.290. The molecule has 6 nitrogen and oxygen atoms in total. The number of rotatable bonds is 11. The van der Waals surface area contributed by atoms with Gasteiger partial charge in [-0.05, 0) is 48.7 Å². The Balaban J connectivity index is 1.56. The van der Waals surface area contributed by atoms with Gasteiger partial charge in [0.25, 0.3) is 5.91 Å². The fourth-order valence-corrected chi connectivity index (χ4v) is 4.53. The second kappa shape index (κ2) is 12.8. The van der Waals surface area contributed by atoms with Gasteiger partial charge in [0.05, 0.1) is 12.2 Å². The molecule has 4 rings (SSSR count). The molecule has 0 atom stereocenters. The number of nitrogens with zero attached hydrogens (tertiary/aromatic N) is 2. The van der Waals surface area contributed by atoms with Crippen LogP contribution in [-0.2, 0) is 28.7 Å². The lowest BCUT2D eigenvalue weighted by Crippen LogP contribution is -2.44. The number of benzene rings is 3. The summed E-state index contributed by atoms with van der Waals surface area (Å²) < 4.78 is 44.9. The van der Waals surface area contributed by atoms with E-state index < -0.39 is 17.6 Å². The van der Waals surface area contributed by atoms with Gasteiger partial charge < -0.3 is 19.5 Å². The van der Waals surface area contributed by atoms with E-state index in [1.165, 1.54) is 24.1 Å². The smallest absolute Gasteiger partial charge is 0.383 e. The number of amides is 2. The van der Waals surface area contributed by atoms with Gasteiger partial charge in [0.1, 0.15) is 6.54 Å². The van der Waals surface area contributed by atoms with E-state index in [1.807, 2.05) is 61.7 Å². The fourth-order valence-electron chi connectivity index (χ4n) is 4.53. The van der Waals surface area contributed by atoms with E-state index in [4.69, 9.17) is 4.74 Å². The van der Waals surface area contributed by atoms with Crippen molar-refractivity contribution < 1.29 is 27.5 Å². The van der Waals surface area contributed by atoms with Crippen LogP contribution < -0.4 is 0 Å². The van der Waals surface area contributed by atoms with E-state index in [2.05, 4.69) is 4.98 Å². The first kappa shape index (κ1) is 28.9. The van der Waals surface area contributed by atoms with Crippen LogP contribution in [0.25, 0.3) is 10.9 Å². The molecule has 0 bridgehead atoms. The van der Waals surface area contributed by atoms with Crippen LogP contribution in [0.1, 0.15) is 32.6 Å². The molecule has 0 saturated heterocycles. The van der Waals surface area contributed by atoms with Crippen LogP contribution in [0, 0.1) is 6.92 Å². The number of hydrogen-bond donors (Lipinski definition) is 1. The van der Waals surface area contributed by atoms with Crippen molar-refractivity contribution in [1.29, 1.82) is 0 Å². The number of aromatic amines is 1. The minimum atomic E-state index is -4.59. The van der Waals surface area contributed by atoms with Crippen LogP contribution in [0.15, 0.2) is 79.0 Å². The summed E-state index contributed by atoms with van der Waals surface area (Å²) in [4.78, 5) is 33.2. The lowest BCUT2D eigenvalue weighted by Gasteiger charge is -2.28. The van der Waals surface area contributed by atoms with Crippen molar-refractivity contribution in [2.45, 2.75) is 26.1 Å². The van der Waals surface area contributed by atoms with Crippen molar-refractivity contribution in [1.82, 2.24) is 14.8 Å². The molecule has 1 aromatic heterocycles. The van der Waals surface area contributed by atoms with Gasteiger partial charge in [0.15, 0.2) is 0 Å². The average Bonchev–Trinajstić information content (AvgIpc) is 3.36. The number of ether oxygens (including phenoxy) is 1. The van der Waals surface area contributed by atoms with Crippen molar-refractivity contribution >= 4 is 22.7 Å². The molecule has 40 heavy (non-hydrogen) atoms. The second-order valence-electron chi connectivity index (χ2n) is 9.71. The molecule has 9 heteroatoms. The summed E-state index contributed by atoms with van der Waals surface area (Å²) in [7, 11) is 1.46. The number of aromatic nitrogens is 1. The zero-order valence-electron chi connectivity index (χ0n) is 22.5. The average molecular weight is 552 g/mol. The summed E-state index contributed by atoms with van der Waals surface area (Å²) in [6, 6.07) is 20.0. The highest BCUT2D eigenvalue weighted by Gasteiger charge is 2.31. The Morgan fingerprint density at radius 1 is 0.925 bits per heavy atom. The number of para-hydroxylation sites is 1. The van der Waals surface area contributed by atoms with Gasteiger partial charge in [-0.1, -0.05) is 54.1 Å². The third-order valence-corrected chi connectivity index (χ3v) is 6.79. The zero-order valence-corrected chi connectivity index (χ0v) is 22.5. The first-order valence-corrected chi connectivity index (χ1v) is 13.0. The first-order chi connectivity index (χ1) is 19.2. The van der Waals surface area contributed by atoms with Gasteiger partial charge in [-0.2, -0.15) is 13.2 Å². The van der Waals surface area contributed by atoms with Crippen molar-refractivity contribution in [2.75, 3.05) is 33.4 Å². The molecule has 1 N–H and O–H groups in total. The normalized spacial score (nSPS) is 11.5. The molecular formula is C31H32F3N3O3. The Bertz CT molecular complexity index is 1450. The van der Waals surface area contributed by atoms with E-state index in [-0.39, 0.29) is 31.2 Å². The van der Waals surface area contributed by atoms with E-state index in [0.717, 1.165) is 39.7 Å². The highest BCUT2D eigenvalue weighted by Crippen LogP contribution is 2.30. The van der Waals surface area contributed by atoms with Crippen LogP contribution in [0.5, 0.6) is 0 Å². The Hall–Kier alpha value is -4.11. The number of hydrogen-bond acceptors (Lipinski definition) is 3. The quantitative estimate of drug-likeness (QED) is 0.254. The third-order valence-electron chi connectivity index (χ3n) is 6.79. The number of fused-ring (bicyclic) bond motifs is 1. The molecule has 0 radical (unpaired) electrons. The summed E-state index contributed by atoms with van der Waals surface area (Å²) in [5.74, 6) is -0.972. The van der Waals surface area contributed by atoms with Gasteiger partial charge in [-0.25, -0.2) is 0 Å². The zero-order chi connectivity index (χ0) is 28.7. The summed E-state index contributed by atoms with van der Waals surface area (Å²) in [6.07, 6.45) is -2.07. The Morgan fingerprint density at radius 3 is 2.40 bits per heavy atom. The van der Waals surface area contributed by atoms with E-state index in [9.17, 15) is 22.8 Å². The van der Waals surface area contributed by atoms with Crippen molar-refractivity contribution in [3.05, 3.63) is 107 Å². The van der Waals surface area contributed by atoms with Gasteiger partial charge >= 0.3 is 6.18 Å². The summed E-state index contributed by atoms with van der Waals surface area (Å²) in [5.41, 5.74) is 3.04. The Morgan fingerprint density at radius 2 is 1.68 bits per heavy atom. The lowest BCUT2D eigenvalue weighted by molar-refractivity contribution is -0.137. The number of carbonyl (C=O) groups excluding carboxylic acids is 2. The Labute approximate surface area is 231 Å². The van der Waals surface area contributed by atoms with Gasteiger partial charge in [0.2, 0.25) is 5.91 Å². The monoisotopic (exact) mass is 551 g/mol. The van der Waals surface area contributed by atoms with Crippen LogP contribution >= 0.6 is 0 Å². The molecule has 0 unspecified atom stereocenters. The standard InChI is InChI=1S/C31H32F3N3O3/c1-22-10-12-23(13-11-22)20-36(15-14-25-19-35-28-9-4-3-8-27(25)28)29(38)21-37(16-17-40-2)30(39)24-6-5-7-26(18-24)31(32,33)34/h3-13,18-19,35H,14-17,20-21H2,1-2H3. The predicted octanol–water partition coefficient (Wildman–Crippen LogP) is 5.86. The van der Waals surface area contributed by atoms with E-state index in [1.54, 1.807) is 4.90 Å². The van der Waals surface area contributed by atoms with Crippen LogP contribution in [-0.4, -0.2) is 59.9 Å². The van der Waals surface area contributed by atoms with Gasteiger partial charge in [-0.3, -0.25) is 9.59 Å². The minimum absolute atomic E-state index is 0.0537. The first-order valence-electron chi connectivity index (χ1n) is 13.0. The van der Waals surface area contributed by atoms with Crippen molar-refractivity contribution in [3.8, 4) is 0 Å². The molecule has 0 fully saturated rings. The number of halogens is 3. The van der Waals surface area contributed by atoms with Crippen LogP contribution in [0.3, 0.4) is 0 Å².